The van der Waals surface area contributed by atoms with Crippen LogP contribution in [0.15, 0.2) is 28.1 Å². The van der Waals surface area contributed by atoms with Gasteiger partial charge in [0.1, 0.15) is 6.54 Å². The second-order valence-corrected chi connectivity index (χ2v) is 6.58. The fourth-order valence-electron chi connectivity index (χ4n) is 2.16. The third-order valence-electron chi connectivity index (χ3n) is 3.13. The maximum atomic E-state index is 11.2. The van der Waals surface area contributed by atoms with Crippen molar-refractivity contribution in [3.63, 3.8) is 0 Å². The lowest BCUT2D eigenvalue weighted by Crippen LogP contribution is -2.57. The molecule has 0 saturated carbocycles. The van der Waals surface area contributed by atoms with E-state index in [-0.39, 0.29) is 9.49 Å². The molecule has 104 valence electrons. The highest BCUT2D eigenvalue weighted by Crippen LogP contribution is 2.31. The SMILES string of the molecule is CSC1=NCC[N+]1(N)c1cc(S(=O)(=O)O)ccc1C. The van der Waals surface area contributed by atoms with Gasteiger partial charge in [-0.25, -0.2) is 4.99 Å². The molecule has 1 atom stereocenters. The van der Waals surface area contributed by atoms with E-state index in [2.05, 4.69) is 4.99 Å². The lowest BCUT2D eigenvalue weighted by atomic mass is 10.2. The van der Waals surface area contributed by atoms with Crippen LogP contribution in [-0.4, -0.2) is 37.5 Å². The number of hydrogen-bond donors (Lipinski definition) is 2. The van der Waals surface area contributed by atoms with Gasteiger partial charge in [0.25, 0.3) is 15.3 Å². The second-order valence-electron chi connectivity index (χ2n) is 4.38. The van der Waals surface area contributed by atoms with E-state index in [1.165, 1.54) is 23.9 Å². The van der Waals surface area contributed by atoms with Gasteiger partial charge in [-0.2, -0.15) is 18.9 Å². The molecule has 6 nitrogen and oxygen atoms in total. The van der Waals surface area contributed by atoms with E-state index >= 15 is 0 Å². The number of quaternary nitrogens is 1. The summed E-state index contributed by atoms with van der Waals surface area (Å²) in [5, 5.41) is 0.732. The predicted molar refractivity (Wildman–Crippen MR) is 77.7 cm³/mol. The van der Waals surface area contributed by atoms with E-state index in [1.54, 1.807) is 6.07 Å². The number of nitrogens with zero attached hydrogens (tertiary/aromatic N) is 2. The molecule has 1 heterocycles. The molecule has 0 saturated heterocycles. The van der Waals surface area contributed by atoms with E-state index in [4.69, 9.17) is 10.4 Å². The number of nitrogens with two attached hydrogens (primary N) is 1. The minimum absolute atomic E-state index is 0.0175. The van der Waals surface area contributed by atoms with Gasteiger partial charge in [0, 0.05) is 11.6 Å². The van der Waals surface area contributed by atoms with Crippen LogP contribution in [0.4, 0.5) is 5.69 Å². The average Bonchev–Trinajstić information content (AvgIpc) is 2.70. The molecular weight excluding hydrogens is 286 g/mol. The van der Waals surface area contributed by atoms with Gasteiger partial charge in [-0.1, -0.05) is 6.07 Å². The van der Waals surface area contributed by atoms with Crippen LogP contribution in [0.5, 0.6) is 0 Å². The number of thioether (sulfide) groups is 1. The fraction of sp³-hybridized carbons (Fsp3) is 0.364. The molecule has 1 aliphatic rings. The summed E-state index contributed by atoms with van der Waals surface area (Å²) < 4.78 is 31.6. The van der Waals surface area contributed by atoms with Crippen molar-refractivity contribution in [2.45, 2.75) is 11.8 Å². The van der Waals surface area contributed by atoms with Crippen molar-refractivity contribution in [1.29, 1.82) is 0 Å². The van der Waals surface area contributed by atoms with Gasteiger partial charge in [0.2, 0.25) is 0 Å². The molecule has 1 aliphatic heterocycles. The standard InChI is InChI=1S/C11H15N3O3S2/c1-8-3-4-9(19(15,16)17)7-10(8)14(12)6-5-13-11(14)18-2/h3-4,7H,5-6,12H2,1-2H3/p+1. The van der Waals surface area contributed by atoms with Crippen LogP contribution in [0.1, 0.15) is 5.56 Å². The number of hydrogen-bond acceptors (Lipinski definition) is 5. The summed E-state index contributed by atoms with van der Waals surface area (Å²) in [6.45, 7) is 3.03. The summed E-state index contributed by atoms with van der Waals surface area (Å²) in [5.41, 5.74) is 1.50. The van der Waals surface area contributed by atoms with Crippen LogP contribution in [0.25, 0.3) is 0 Å². The predicted octanol–water partition coefficient (Wildman–Crippen LogP) is 1.16. The molecule has 0 radical (unpaired) electrons. The molecule has 0 aliphatic carbocycles. The molecule has 0 fully saturated rings. The summed E-state index contributed by atoms with van der Waals surface area (Å²) >= 11 is 1.44. The number of rotatable bonds is 2. The van der Waals surface area contributed by atoms with Crippen molar-refractivity contribution >= 4 is 32.7 Å². The first-order valence-corrected chi connectivity index (χ1v) is 8.30. The summed E-state index contributed by atoms with van der Waals surface area (Å²) in [7, 11) is -4.23. The van der Waals surface area contributed by atoms with Crippen LogP contribution in [0, 0.1) is 6.92 Å². The third kappa shape index (κ3) is 2.54. The monoisotopic (exact) mass is 302 g/mol. The Labute approximate surface area is 116 Å². The van der Waals surface area contributed by atoms with Crippen LogP contribution in [0.2, 0.25) is 0 Å². The van der Waals surface area contributed by atoms with Crippen molar-refractivity contribution in [3.05, 3.63) is 23.8 Å². The Kier molecular flexibility index (Phi) is 3.72. The molecule has 0 amide bonds. The molecule has 0 bridgehead atoms. The molecule has 19 heavy (non-hydrogen) atoms. The van der Waals surface area contributed by atoms with E-state index in [1.807, 2.05) is 13.2 Å². The molecule has 0 aromatic heterocycles. The minimum atomic E-state index is -4.23. The van der Waals surface area contributed by atoms with Crippen molar-refractivity contribution < 1.29 is 13.0 Å². The Morgan fingerprint density at radius 3 is 2.74 bits per heavy atom. The summed E-state index contributed by atoms with van der Waals surface area (Å²) in [6.07, 6.45) is 1.88. The number of benzene rings is 1. The lowest BCUT2D eigenvalue weighted by molar-refractivity contribution is 0.468. The van der Waals surface area contributed by atoms with Crippen LogP contribution in [0.3, 0.4) is 0 Å². The van der Waals surface area contributed by atoms with Crippen LogP contribution < -0.4 is 10.4 Å². The largest absolute Gasteiger partial charge is 0.294 e. The maximum Gasteiger partial charge on any atom is 0.294 e. The molecule has 2 rings (SSSR count). The van der Waals surface area contributed by atoms with Crippen molar-refractivity contribution in [2.24, 2.45) is 10.8 Å². The van der Waals surface area contributed by atoms with Gasteiger partial charge in [-0.3, -0.25) is 4.55 Å². The average molecular weight is 302 g/mol. The lowest BCUT2D eigenvalue weighted by Gasteiger charge is -2.28. The van der Waals surface area contributed by atoms with Gasteiger partial charge in [-0.05, 0) is 31.0 Å². The molecule has 0 spiro atoms. The zero-order chi connectivity index (χ0) is 14.3. The highest BCUT2D eigenvalue weighted by atomic mass is 32.2. The van der Waals surface area contributed by atoms with Gasteiger partial charge in [-0.15, -0.1) is 0 Å². The summed E-state index contributed by atoms with van der Waals surface area (Å²) in [4.78, 5) is 4.18. The van der Waals surface area contributed by atoms with Crippen molar-refractivity contribution in [2.75, 3.05) is 19.3 Å². The highest BCUT2D eigenvalue weighted by molar-refractivity contribution is 8.13. The molecule has 1 aromatic rings. The molecular formula is C11H16N3O3S2+. The zero-order valence-electron chi connectivity index (χ0n) is 10.7. The van der Waals surface area contributed by atoms with Gasteiger partial charge < -0.3 is 0 Å². The number of aryl methyl sites for hydroxylation is 1. The Balaban J connectivity index is 2.60. The first kappa shape index (κ1) is 14.5. The number of aliphatic imine (C=N–C) groups is 1. The maximum absolute atomic E-state index is 11.2. The van der Waals surface area contributed by atoms with Gasteiger partial charge in [0.05, 0.1) is 11.4 Å². The normalized spacial score (nSPS) is 23.5. The second kappa shape index (κ2) is 4.88. The topological polar surface area (TPSA) is 92.8 Å². The Hall–Kier alpha value is -0.930. The molecule has 1 aromatic carbocycles. The number of amidine groups is 1. The van der Waals surface area contributed by atoms with Crippen LogP contribution in [-0.2, 0) is 10.1 Å². The van der Waals surface area contributed by atoms with Gasteiger partial charge in [0.15, 0.2) is 5.69 Å². The summed E-state index contributed by atoms with van der Waals surface area (Å²) in [5.74, 6) is 6.36. The van der Waals surface area contributed by atoms with Crippen molar-refractivity contribution in [1.82, 2.24) is 4.59 Å². The van der Waals surface area contributed by atoms with E-state index in [0.717, 1.165) is 10.7 Å². The third-order valence-corrected chi connectivity index (χ3v) is 4.80. The Bertz CT molecular complexity index is 643. The molecule has 3 N–H and O–H groups in total. The molecule has 1 unspecified atom stereocenters. The van der Waals surface area contributed by atoms with Gasteiger partial charge >= 0.3 is 0 Å². The van der Waals surface area contributed by atoms with E-state index in [0.29, 0.717) is 18.8 Å². The zero-order valence-corrected chi connectivity index (χ0v) is 12.3. The molecule has 8 heteroatoms. The first-order chi connectivity index (χ1) is 8.79. The summed E-state index contributed by atoms with van der Waals surface area (Å²) in [6, 6.07) is 4.43. The van der Waals surface area contributed by atoms with E-state index < -0.39 is 10.1 Å². The smallest absolute Gasteiger partial charge is 0.282 e. The highest BCUT2D eigenvalue weighted by Gasteiger charge is 2.39. The van der Waals surface area contributed by atoms with Crippen LogP contribution >= 0.6 is 11.8 Å². The Morgan fingerprint density at radius 1 is 1.47 bits per heavy atom. The minimum Gasteiger partial charge on any atom is -0.282 e. The fourth-order valence-corrected chi connectivity index (χ4v) is 3.39. The Morgan fingerprint density at radius 2 is 2.16 bits per heavy atom. The quantitative estimate of drug-likeness (QED) is 0.486. The van der Waals surface area contributed by atoms with E-state index in [9.17, 15) is 8.42 Å². The van der Waals surface area contributed by atoms with Crippen molar-refractivity contribution in [3.8, 4) is 0 Å². The first-order valence-electron chi connectivity index (χ1n) is 5.63.